The lowest BCUT2D eigenvalue weighted by Crippen LogP contribution is -2.53. The normalized spacial score (nSPS) is 29.8. The van der Waals surface area contributed by atoms with E-state index in [1.807, 2.05) is 39.2 Å². The number of ether oxygens (including phenoxy) is 2. The highest BCUT2D eigenvalue weighted by atomic mass is 32.1. The van der Waals surface area contributed by atoms with Crippen LogP contribution in [0, 0.1) is 24.2 Å². The zero-order valence-electron chi connectivity index (χ0n) is 32.3. The highest BCUT2D eigenvalue weighted by Crippen LogP contribution is 2.41. The van der Waals surface area contributed by atoms with Gasteiger partial charge >= 0.3 is 5.97 Å². The first-order valence-electron chi connectivity index (χ1n) is 19.0. The number of thiazole rings is 1. The fourth-order valence-corrected chi connectivity index (χ4v) is 14.3. The van der Waals surface area contributed by atoms with Crippen molar-refractivity contribution in [3.8, 4) is 0 Å². The molecule has 0 spiro atoms. The van der Waals surface area contributed by atoms with Crippen LogP contribution in [0.3, 0.4) is 0 Å². The van der Waals surface area contributed by atoms with Crippen LogP contribution >= 0.6 is 11.3 Å². The molecule has 10 heteroatoms. The number of aromatic nitrogens is 1. The number of esters is 1. The number of Topliss-reactive ketones (excluding diaryl/α,β-unsaturated/α-hetero) is 1. The van der Waals surface area contributed by atoms with Crippen LogP contribution in [0.2, 0.25) is 36.3 Å². The number of rotatable bonds is 12. The Kier molecular flexibility index (Phi) is 15.3. The van der Waals surface area contributed by atoms with E-state index in [1.165, 1.54) is 0 Å². The molecule has 274 valence electrons. The van der Waals surface area contributed by atoms with Gasteiger partial charge in [0, 0.05) is 23.1 Å². The van der Waals surface area contributed by atoms with Crippen molar-refractivity contribution in [3.63, 3.8) is 0 Å². The minimum Gasteiger partial charge on any atom is -0.458 e. The van der Waals surface area contributed by atoms with Crippen LogP contribution in [0.4, 0.5) is 0 Å². The maximum absolute atomic E-state index is 14.9. The number of hydrogen-bond acceptors (Lipinski definition) is 8. The highest BCUT2D eigenvalue weighted by Gasteiger charge is 2.49. The number of nitrogens with zero attached hydrogens (tertiary/aromatic N) is 1. The van der Waals surface area contributed by atoms with Gasteiger partial charge in [-0.15, -0.1) is 11.3 Å². The zero-order valence-corrected chi connectivity index (χ0v) is 35.1. The van der Waals surface area contributed by atoms with Gasteiger partial charge in [-0.2, -0.15) is 0 Å². The van der Waals surface area contributed by atoms with E-state index in [9.17, 15) is 9.59 Å². The molecule has 2 aliphatic rings. The topological polar surface area (TPSA) is 87.2 Å². The molecule has 0 aromatic carbocycles. The molecule has 7 nitrogen and oxygen atoms in total. The Morgan fingerprint density at radius 2 is 1.54 bits per heavy atom. The first kappa shape index (κ1) is 41.2. The Balaban J connectivity index is 2.05. The SMILES string of the molecule is CC[Si](CC)(CC)O[C@H]1CC(=O)OC(C(C)=Cc2csc(C)n2)C[C@@H]2O[C@@H]2CCCC(C)[C@H](O[Si](CC)(CC)CC)[C@@H](C)C(=O)C1(C)C. The fourth-order valence-electron chi connectivity index (χ4n) is 7.75. The Morgan fingerprint density at radius 1 is 0.958 bits per heavy atom. The molecular weight excluding hydrogens is 655 g/mol. The summed E-state index contributed by atoms with van der Waals surface area (Å²) in [7, 11) is -4.21. The second-order valence-electron chi connectivity index (χ2n) is 15.3. The molecular formula is C38H67NO6SSi2. The molecule has 0 bridgehead atoms. The van der Waals surface area contributed by atoms with E-state index in [-0.39, 0.29) is 48.3 Å². The second kappa shape index (κ2) is 17.8. The molecule has 48 heavy (non-hydrogen) atoms. The second-order valence-corrected chi connectivity index (χ2v) is 25.8. The van der Waals surface area contributed by atoms with Crippen molar-refractivity contribution in [2.45, 2.75) is 182 Å². The Hall–Kier alpha value is -1.18. The maximum atomic E-state index is 14.9. The third-order valence-electron chi connectivity index (χ3n) is 12.0. The summed E-state index contributed by atoms with van der Waals surface area (Å²) in [6, 6.07) is 5.92. The van der Waals surface area contributed by atoms with Gasteiger partial charge in [0.2, 0.25) is 0 Å². The van der Waals surface area contributed by atoms with Crippen molar-refractivity contribution >= 4 is 45.8 Å². The predicted octanol–water partition coefficient (Wildman–Crippen LogP) is 10.1. The number of carbonyl (C=O) groups is 2. The Labute approximate surface area is 298 Å². The lowest BCUT2D eigenvalue weighted by atomic mass is 9.73. The minimum atomic E-state index is -2.20. The Morgan fingerprint density at radius 3 is 2.08 bits per heavy atom. The molecule has 2 unspecified atom stereocenters. The number of aryl methyl sites for hydroxylation is 1. The van der Waals surface area contributed by atoms with Gasteiger partial charge in [0.15, 0.2) is 16.6 Å². The third kappa shape index (κ3) is 10.2. The summed E-state index contributed by atoms with van der Waals surface area (Å²) in [5.74, 6) is -0.307. The lowest BCUT2D eigenvalue weighted by Gasteiger charge is -2.44. The smallest absolute Gasteiger partial charge is 0.309 e. The average Bonchev–Trinajstić information content (AvgIpc) is 3.68. The van der Waals surface area contributed by atoms with Crippen molar-refractivity contribution in [3.05, 3.63) is 21.7 Å². The molecule has 3 heterocycles. The molecule has 2 aliphatic heterocycles. The summed E-state index contributed by atoms with van der Waals surface area (Å²) in [5.41, 5.74) is 0.922. The number of carbonyl (C=O) groups excluding carboxylic acids is 2. The highest BCUT2D eigenvalue weighted by molar-refractivity contribution is 7.09. The number of epoxide rings is 1. The molecule has 7 atom stereocenters. The van der Waals surface area contributed by atoms with Gasteiger partial charge in [-0.3, -0.25) is 9.59 Å². The average molecular weight is 722 g/mol. The van der Waals surface area contributed by atoms with Crippen molar-refractivity contribution < 1.29 is 27.9 Å². The number of ketones is 1. The van der Waals surface area contributed by atoms with E-state index in [1.54, 1.807) is 11.3 Å². The van der Waals surface area contributed by atoms with E-state index in [0.29, 0.717) is 6.42 Å². The molecule has 0 aliphatic carbocycles. The van der Waals surface area contributed by atoms with Crippen LogP contribution in [-0.4, -0.2) is 63.9 Å². The summed E-state index contributed by atoms with van der Waals surface area (Å²) in [5, 5.41) is 3.03. The monoisotopic (exact) mass is 721 g/mol. The molecule has 3 rings (SSSR count). The van der Waals surface area contributed by atoms with Gasteiger partial charge in [0.25, 0.3) is 0 Å². The van der Waals surface area contributed by atoms with Crippen LogP contribution in [0.25, 0.3) is 6.08 Å². The van der Waals surface area contributed by atoms with E-state index in [0.717, 1.165) is 71.8 Å². The molecule has 1 aromatic heterocycles. The van der Waals surface area contributed by atoms with E-state index in [4.69, 9.17) is 18.3 Å². The molecule has 0 amide bonds. The van der Waals surface area contributed by atoms with E-state index in [2.05, 4.69) is 60.4 Å². The van der Waals surface area contributed by atoms with E-state index >= 15 is 0 Å². The molecule has 0 N–H and O–H groups in total. The first-order valence-corrected chi connectivity index (χ1v) is 24.9. The standard InChI is InChI=1S/C38H67NO6SSi2/c1-13-47(14-2,15-3)44-34-24-35(40)43-32(27(8)22-30-25-46-29(10)39-30)23-33-31(42-33)21-19-20-26(7)36(28(9)37(41)38(34,11)12)45-48(16-4,17-5)18-6/h22,25-26,28,31-34,36H,13-21,23-24H2,1-12H3/t26?,28-,31-,32?,33+,34+,36+/m1/s1. The van der Waals surface area contributed by atoms with Gasteiger partial charge < -0.3 is 18.3 Å². The number of hydrogen-bond donors (Lipinski definition) is 0. The summed E-state index contributed by atoms with van der Waals surface area (Å²) >= 11 is 1.61. The Bertz CT molecular complexity index is 1210. The van der Waals surface area contributed by atoms with Gasteiger partial charge in [-0.05, 0) is 80.5 Å². The van der Waals surface area contributed by atoms with Crippen LogP contribution < -0.4 is 0 Å². The lowest BCUT2D eigenvalue weighted by molar-refractivity contribution is -0.153. The van der Waals surface area contributed by atoms with Gasteiger partial charge in [-0.1, -0.05) is 75.7 Å². The summed E-state index contributed by atoms with van der Waals surface area (Å²) in [4.78, 5) is 33.5. The molecule has 1 aromatic rings. The minimum absolute atomic E-state index is 0.0351. The van der Waals surface area contributed by atoms with Crippen LogP contribution in [0.5, 0.6) is 0 Å². The number of fused-ring (bicyclic) bond motifs is 1. The summed E-state index contributed by atoms with van der Waals surface area (Å²) in [6.07, 6.45) is 4.65. The van der Waals surface area contributed by atoms with Crippen molar-refractivity contribution in [1.82, 2.24) is 4.98 Å². The number of cyclic esters (lactones) is 1. The van der Waals surface area contributed by atoms with Crippen molar-refractivity contribution in [2.24, 2.45) is 17.3 Å². The third-order valence-corrected chi connectivity index (χ3v) is 22.1. The van der Waals surface area contributed by atoms with E-state index < -0.39 is 34.3 Å². The summed E-state index contributed by atoms with van der Waals surface area (Å²) < 4.78 is 26.9. The van der Waals surface area contributed by atoms with Crippen LogP contribution in [0.15, 0.2) is 11.0 Å². The van der Waals surface area contributed by atoms with Crippen LogP contribution in [-0.2, 0) is 27.9 Å². The van der Waals surface area contributed by atoms with Gasteiger partial charge in [0.1, 0.15) is 11.9 Å². The van der Waals surface area contributed by atoms with Crippen molar-refractivity contribution in [1.29, 1.82) is 0 Å². The molecule has 2 saturated heterocycles. The summed E-state index contributed by atoms with van der Waals surface area (Å²) in [6.45, 7) is 25.7. The zero-order chi connectivity index (χ0) is 35.9. The molecule has 2 fully saturated rings. The fraction of sp³-hybridized carbons (Fsp3) is 0.816. The van der Waals surface area contributed by atoms with Crippen molar-refractivity contribution in [2.75, 3.05) is 0 Å². The molecule has 0 radical (unpaired) electrons. The quantitative estimate of drug-likeness (QED) is 0.121. The predicted molar refractivity (Wildman–Crippen MR) is 203 cm³/mol. The molecule has 0 saturated carbocycles. The van der Waals surface area contributed by atoms with Crippen LogP contribution in [0.1, 0.15) is 119 Å². The first-order chi connectivity index (χ1) is 22.6. The maximum Gasteiger partial charge on any atom is 0.309 e. The van der Waals surface area contributed by atoms with Gasteiger partial charge in [0.05, 0.1) is 41.5 Å². The van der Waals surface area contributed by atoms with Gasteiger partial charge in [-0.25, -0.2) is 4.98 Å². The largest absolute Gasteiger partial charge is 0.458 e.